The van der Waals surface area contributed by atoms with Gasteiger partial charge in [0.25, 0.3) is 0 Å². The predicted octanol–water partition coefficient (Wildman–Crippen LogP) is 3.84. The van der Waals surface area contributed by atoms with E-state index in [1.165, 1.54) is 16.0 Å². The van der Waals surface area contributed by atoms with Crippen molar-refractivity contribution in [3.05, 3.63) is 51.7 Å². The molecule has 1 unspecified atom stereocenters. The van der Waals surface area contributed by atoms with Crippen molar-refractivity contribution in [2.24, 2.45) is 0 Å². The van der Waals surface area contributed by atoms with Gasteiger partial charge in [0.1, 0.15) is 5.75 Å². The van der Waals surface area contributed by atoms with E-state index in [1.54, 1.807) is 11.3 Å². The first-order valence-corrected chi connectivity index (χ1v) is 8.62. The van der Waals surface area contributed by atoms with Crippen molar-refractivity contribution in [3.63, 3.8) is 0 Å². The number of aliphatic hydroxyl groups is 1. The van der Waals surface area contributed by atoms with Crippen LogP contribution in [0.4, 0.5) is 0 Å². The fourth-order valence-corrected chi connectivity index (χ4v) is 3.45. The number of para-hydroxylation sites is 1. The van der Waals surface area contributed by atoms with Gasteiger partial charge in [-0.05, 0) is 43.8 Å². The molecule has 2 rings (SSSR count). The lowest BCUT2D eigenvalue weighted by molar-refractivity contribution is 0.118. The predicted molar refractivity (Wildman–Crippen MR) is 92.5 cm³/mol. The lowest BCUT2D eigenvalue weighted by atomic mass is 10.1. The molecule has 3 nitrogen and oxygen atoms in total. The molecule has 120 valence electrons. The van der Waals surface area contributed by atoms with Crippen LogP contribution in [0, 0.1) is 6.92 Å². The van der Waals surface area contributed by atoms with Gasteiger partial charge in [-0.3, -0.25) is 4.90 Å². The second-order valence-electron chi connectivity index (χ2n) is 5.59. The molecule has 0 spiro atoms. The third-order valence-corrected chi connectivity index (χ3v) is 4.53. The largest absolute Gasteiger partial charge is 0.494 e. The van der Waals surface area contributed by atoms with Gasteiger partial charge in [0.2, 0.25) is 0 Å². The molecular formula is C18H25NO2S. The minimum Gasteiger partial charge on any atom is -0.494 e. The summed E-state index contributed by atoms with van der Waals surface area (Å²) in [5.74, 6) is 0.934. The molecule has 0 saturated carbocycles. The Labute approximate surface area is 137 Å². The van der Waals surface area contributed by atoms with E-state index in [0.29, 0.717) is 13.2 Å². The zero-order valence-electron chi connectivity index (χ0n) is 13.6. The summed E-state index contributed by atoms with van der Waals surface area (Å²) in [5.41, 5.74) is 2.48. The van der Waals surface area contributed by atoms with E-state index in [9.17, 15) is 5.11 Å². The number of hydrogen-bond donors (Lipinski definition) is 1. The summed E-state index contributed by atoms with van der Waals surface area (Å²) in [5, 5.41) is 11.9. The molecular weight excluding hydrogens is 294 g/mol. The number of aryl methyl sites for hydroxylation is 1. The molecule has 1 aromatic heterocycles. The molecule has 1 heterocycles. The molecule has 0 amide bonds. The average Bonchev–Trinajstić information content (AvgIpc) is 2.86. The van der Waals surface area contributed by atoms with Gasteiger partial charge >= 0.3 is 0 Å². The molecule has 0 bridgehead atoms. The lowest BCUT2D eigenvalue weighted by Crippen LogP contribution is -2.30. The molecule has 1 N–H and O–H groups in total. The van der Waals surface area contributed by atoms with Crippen molar-refractivity contribution >= 4 is 11.3 Å². The van der Waals surface area contributed by atoms with Gasteiger partial charge in [-0.15, -0.1) is 11.3 Å². The van der Waals surface area contributed by atoms with Crippen molar-refractivity contribution in [1.29, 1.82) is 0 Å². The van der Waals surface area contributed by atoms with Crippen molar-refractivity contribution in [2.75, 3.05) is 13.2 Å². The summed E-state index contributed by atoms with van der Waals surface area (Å²) >= 11 is 1.78. The SMILES string of the molecule is CCOc1ccccc1CN(Cc1sccc1C)CC(C)O. The molecule has 0 aliphatic heterocycles. The highest BCUT2D eigenvalue weighted by Gasteiger charge is 2.14. The Balaban J connectivity index is 2.14. The normalized spacial score (nSPS) is 12.6. The summed E-state index contributed by atoms with van der Waals surface area (Å²) in [4.78, 5) is 3.64. The zero-order chi connectivity index (χ0) is 15.9. The number of hydrogen-bond acceptors (Lipinski definition) is 4. The van der Waals surface area contributed by atoms with E-state index in [1.807, 2.05) is 32.0 Å². The van der Waals surface area contributed by atoms with Gasteiger partial charge in [0, 0.05) is 30.1 Å². The zero-order valence-corrected chi connectivity index (χ0v) is 14.4. The van der Waals surface area contributed by atoms with Crippen LogP contribution in [0.25, 0.3) is 0 Å². The van der Waals surface area contributed by atoms with Crippen molar-refractivity contribution < 1.29 is 9.84 Å². The van der Waals surface area contributed by atoms with Crippen molar-refractivity contribution in [2.45, 2.75) is 40.0 Å². The summed E-state index contributed by atoms with van der Waals surface area (Å²) < 4.78 is 5.72. The minimum absolute atomic E-state index is 0.348. The molecule has 0 aliphatic rings. The fraction of sp³-hybridized carbons (Fsp3) is 0.444. The highest BCUT2D eigenvalue weighted by Crippen LogP contribution is 2.23. The van der Waals surface area contributed by atoms with Crippen LogP contribution in [0.2, 0.25) is 0 Å². The maximum Gasteiger partial charge on any atom is 0.123 e. The van der Waals surface area contributed by atoms with E-state index in [-0.39, 0.29) is 6.10 Å². The van der Waals surface area contributed by atoms with Crippen LogP contribution in [0.3, 0.4) is 0 Å². The highest BCUT2D eigenvalue weighted by atomic mass is 32.1. The van der Waals surface area contributed by atoms with Gasteiger partial charge < -0.3 is 9.84 Å². The molecule has 0 fully saturated rings. The van der Waals surface area contributed by atoms with E-state index in [2.05, 4.69) is 29.3 Å². The molecule has 1 atom stereocenters. The lowest BCUT2D eigenvalue weighted by Gasteiger charge is -2.24. The summed E-state index contributed by atoms with van der Waals surface area (Å²) in [6, 6.07) is 10.3. The molecule has 4 heteroatoms. The first kappa shape index (κ1) is 17.0. The van der Waals surface area contributed by atoms with E-state index in [4.69, 9.17) is 4.74 Å². The third kappa shape index (κ3) is 4.83. The van der Waals surface area contributed by atoms with E-state index in [0.717, 1.165) is 18.8 Å². The molecule has 0 saturated heterocycles. The first-order chi connectivity index (χ1) is 10.6. The van der Waals surface area contributed by atoms with Crippen molar-refractivity contribution in [1.82, 2.24) is 4.90 Å². The van der Waals surface area contributed by atoms with Crippen LogP contribution < -0.4 is 4.74 Å². The van der Waals surface area contributed by atoms with E-state index < -0.39 is 0 Å². The first-order valence-electron chi connectivity index (χ1n) is 7.74. The quantitative estimate of drug-likeness (QED) is 0.802. The van der Waals surface area contributed by atoms with Crippen LogP contribution in [-0.4, -0.2) is 29.3 Å². The Bertz CT molecular complexity index is 580. The number of thiophene rings is 1. The summed E-state index contributed by atoms with van der Waals surface area (Å²) in [7, 11) is 0. The van der Waals surface area contributed by atoms with Crippen LogP contribution in [0.1, 0.15) is 29.9 Å². The maximum atomic E-state index is 9.80. The second-order valence-corrected chi connectivity index (χ2v) is 6.59. The standard InChI is InChI=1S/C18H25NO2S/c1-4-21-17-8-6-5-7-16(17)12-19(11-15(3)20)13-18-14(2)9-10-22-18/h5-10,15,20H,4,11-13H2,1-3H3. The Kier molecular flexibility index (Phi) is 6.43. The fourth-order valence-electron chi connectivity index (χ4n) is 2.50. The van der Waals surface area contributed by atoms with Gasteiger partial charge in [0.05, 0.1) is 12.7 Å². The maximum absolute atomic E-state index is 9.80. The molecule has 1 aromatic carbocycles. The number of benzene rings is 1. The molecule has 22 heavy (non-hydrogen) atoms. The molecule has 2 aromatic rings. The van der Waals surface area contributed by atoms with Crippen LogP contribution >= 0.6 is 11.3 Å². The number of ether oxygens (including phenoxy) is 1. The number of rotatable bonds is 8. The average molecular weight is 319 g/mol. The van der Waals surface area contributed by atoms with Crippen molar-refractivity contribution in [3.8, 4) is 5.75 Å². The smallest absolute Gasteiger partial charge is 0.123 e. The molecule has 0 aliphatic carbocycles. The Morgan fingerprint density at radius 1 is 1.23 bits per heavy atom. The van der Waals surface area contributed by atoms with Crippen LogP contribution in [0.5, 0.6) is 5.75 Å². The monoisotopic (exact) mass is 319 g/mol. The summed E-state index contributed by atoms with van der Waals surface area (Å²) in [6.07, 6.45) is -0.348. The highest BCUT2D eigenvalue weighted by molar-refractivity contribution is 7.10. The Morgan fingerprint density at radius 3 is 2.64 bits per heavy atom. The second kappa shape index (κ2) is 8.32. The number of aliphatic hydroxyl groups excluding tert-OH is 1. The van der Waals surface area contributed by atoms with E-state index >= 15 is 0 Å². The van der Waals surface area contributed by atoms with Crippen LogP contribution in [0.15, 0.2) is 35.7 Å². The Morgan fingerprint density at radius 2 is 2.00 bits per heavy atom. The van der Waals surface area contributed by atoms with Gasteiger partial charge in [-0.1, -0.05) is 18.2 Å². The third-order valence-electron chi connectivity index (χ3n) is 3.52. The minimum atomic E-state index is -0.348. The van der Waals surface area contributed by atoms with Gasteiger partial charge in [0.15, 0.2) is 0 Å². The topological polar surface area (TPSA) is 32.7 Å². The number of nitrogens with zero attached hydrogens (tertiary/aromatic N) is 1. The van der Waals surface area contributed by atoms with Gasteiger partial charge in [-0.25, -0.2) is 0 Å². The van der Waals surface area contributed by atoms with Gasteiger partial charge in [-0.2, -0.15) is 0 Å². The molecule has 0 radical (unpaired) electrons. The van der Waals surface area contributed by atoms with Crippen LogP contribution in [-0.2, 0) is 13.1 Å². The Hall–Kier alpha value is -1.36. The summed E-state index contributed by atoms with van der Waals surface area (Å²) in [6.45, 7) is 8.92.